The zero-order valence-electron chi connectivity index (χ0n) is 11.8. The van der Waals surface area contributed by atoms with Crippen molar-refractivity contribution in [2.45, 2.75) is 25.3 Å². The third-order valence-electron chi connectivity index (χ3n) is 3.46. The molecule has 2 unspecified atom stereocenters. The highest BCUT2D eigenvalue weighted by atomic mass is 19.4. The quantitative estimate of drug-likeness (QED) is 0.927. The number of nitrogens with one attached hydrogen (secondary N) is 1. The van der Waals surface area contributed by atoms with E-state index in [0.717, 1.165) is 12.1 Å². The van der Waals surface area contributed by atoms with E-state index in [0.29, 0.717) is 18.7 Å². The molecular weight excluding hydrogens is 285 g/mol. The average molecular weight is 302 g/mol. The average Bonchev–Trinajstić information content (AvgIpc) is 2.72. The number of carbonyl (C=O) groups excluding carboxylic acids is 1. The Kier molecular flexibility index (Phi) is 4.53. The maximum atomic E-state index is 12.6. The number of hydrogen-bond donors (Lipinski definition) is 1. The third kappa shape index (κ3) is 3.36. The number of rotatable bonds is 4. The second-order valence-corrected chi connectivity index (χ2v) is 4.94. The van der Waals surface area contributed by atoms with Crippen LogP contribution in [0.2, 0.25) is 0 Å². The maximum Gasteiger partial charge on any atom is 0.416 e. The van der Waals surface area contributed by atoms with Gasteiger partial charge in [0.1, 0.15) is 6.17 Å². The van der Waals surface area contributed by atoms with Gasteiger partial charge < -0.3 is 9.64 Å². The van der Waals surface area contributed by atoms with Crippen molar-refractivity contribution in [3.63, 3.8) is 0 Å². The Balaban J connectivity index is 2.21. The number of halogens is 3. The van der Waals surface area contributed by atoms with Crippen LogP contribution in [-0.4, -0.2) is 37.1 Å². The molecule has 1 heterocycles. The van der Waals surface area contributed by atoms with Gasteiger partial charge in [-0.2, -0.15) is 13.2 Å². The van der Waals surface area contributed by atoms with E-state index in [9.17, 15) is 18.0 Å². The first-order valence-electron chi connectivity index (χ1n) is 6.57. The predicted octanol–water partition coefficient (Wildman–Crippen LogP) is 2.17. The van der Waals surface area contributed by atoms with Gasteiger partial charge in [0.05, 0.1) is 18.2 Å². The van der Waals surface area contributed by atoms with Crippen LogP contribution < -0.4 is 5.32 Å². The lowest BCUT2D eigenvalue weighted by molar-refractivity contribution is -0.137. The lowest BCUT2D eigenvalue weighted by Gasteiger charge is -2.24. The van der Waals surface area contributed by atoms with Gasteiger partial charge in [-0.3, -0.25) is 10.1 Å². The van der Waals surface area contributed by atoms with E-state index in [1.165, 1.54) is 19.2 Å². The molecule has 7 heteroatoms. The monoisotopic (exact) mass is 302 g/mol. The molecule has 2 atom stereocenters. The molecule has 0 spiro atoms. The number of nitrogens with zero attached hydrogens (tertiary/aromatic N) is 1. The standard InChI is InChI=1S/C14H17F3N2O2/c1-9-13(20)19(7-8-21-2)12(18-9)10-3-5-11(6-4-10)14(15,16)17/h3-6,9,12,18H,7-8H2,1-2H3. The molecule has 1 aliphatic heterocycles. The summed E-state index contributed by atoms with van der Waals surface area (Å²) in [5.41, 5.74) is -0.0798. The minimum atomic E-state index is -4.36. The molecule has 2 rings (SSSR count). The smallest absolute Gasteiger partial charge is 0.383 e. The fourth-order valence-corrected chi connectivity index (χ4v) is 2.33. The number of alkyl halides is 3. The number of ether oxygens (including phenoxy) is 1. The van der Waals surface area contributed by atoms with Crippen LogP contribution in [-0.2, 0) is 15.7 Å². The molecule has 1 aliphatic rings. The Morgan fingerprint density at radius 1 is 1.29 bits per heavy atom. The number of hydrogen-bond acceptors (Lipinski definition) is 3. The summed E-state index contributed by atoms with van der Waals surface area (Å²) in [6, 6.07) is 4.48. The van der Waals surface area contributed by atoms with Crippen molar-refractivity contribution < 1.29 is 22.7 Å². The fourth-order valence-electron chi connectivity index (χ4n) is 2.33. The number of amides is 1. The second kappa shape index (κ2) is 6.03. The molecule has 0 bridgehead atoms. The van der Waals surface area contributed by atoms with Gasteiger partial charge in [-0.15, -0.1) is 0 Å². The zero-order valence-corrected chi connectivity index (χ0v) is 11.8. The summed E-state index contributed by atoms with van der Waals surface area (Å²) >= 11 is 0. The summed E-state index contributed by atoms with van der Waals surface area (Å²) in [4.78, 5) is 13.6. The summed E-state index contributed by atoms with van der Waals surface area (Å²) in [5, 5.41) is 3.08. The molecule has 0 aromatic heterocycles. The highest BCUT2D eigenvalue weighted by Crippen LogP contribution is 2.31. The van der Waals surface area contributed by atoms with E-state index in [1.54, 1.807) is 11.8 Å². The van der Waals surface area contributed by atoms with Crippen LogP contribution >= 0.6 is 0 Å². The van der Waals surface area contributed by atoms with Gasteiger partial charge in [-0.1, -0.05) is 12.1 Å². The van der Waals surface area contributed by atoms with Crippen molar-refractivity contribution in [1.82, 2.24) is 10.2 Å². The van der Waals surface area contributed by atoms with Crippen molar-refractivity contribution in [2.75, 3.05) is 20.3 Å². The molecule has 116 valence electrons. The maximum absolute atomic E-state index is 12.6. The van der Waals surface area contributed by atoms with E-state index in [4.69, 9.17) is 4.74 Å². The lowest BCUT2D eigenvalue weighted by Crippen LogP contribution is -2.33. The molecule has 1 fully saturated rings. The Labute approximate surface area is 120 Å². The minimum Gasteiger partial charge on any atom is -0.383 e. The van der Waals surface area contributed by atoms with Crippen LogP contribution in [0.4, 0.5) is 13.2 Å². The van der Waals surface area contributed by atoms with Crippen LogP contribution in [0.15, 0.2) is 24.3 Å². The minimum absolute atomic E-state index is 0.0862. The van der Waals surface area contributed by atoms with Gasteiger partial charge in [0.2, 0.25) is 5.91 Å². The summed E-state index contributed by atoms with van der Waals surface area (Å²) in [5.74, 6) is -0.0862. The van der Waals surface area contributed by atoms with Crippen LogP contribution in [0.1, 0.15) is 24.2 Å². The van der Waals surface area contributed by atoms with Crippen molar-refractivity contribution >= 4 is 5.91 Å². The van der Waals surface area contributed by atoms with Gasteiger partial charge in [-0.25, -0.2) is 0 Å². The number of methoxy groups -OCH3 is 1. The van der Waals surface area contributed by atoms with E-state index < -0.39 is 17.9 Å². The molecule has 0 aliphatic carbocycles. The summed E-state index contributed by atoms with van der Waals surface area (Å²) in [7, 11) is 1.53. The van der Waals surface area contributed by atoms with Gasteiger partial charge in [0, 0.05) is 13.7 Å². The Bertz CT molecular complexity index is 502. The van der Waals surface area contributed by atoms with Crippen LogP contribution in [0.3, 0.4) is 0 Å². The Hall–Kier alpha value is -1.60. The predicted molar refractivity (Wildman–Crippen MR) is 70.4 cm³/mol. The zero-order chi connectivity index (χ0) is 15.6. The van der Waals surface area contributed by atoms with Crippen molar-refractivity contribution in [3.8, 4) is 0 Å². The summed E-state index contributed by atoms with van der Waals surface area (Å²) < 4.78 is 42.7. The number of carbonyl (C=O) groups is 1. The van der Waals surface area contributed by atoms with Crippen molar-refractivity contribution in [1.29, 1.82) is 0 Å². The summed E-state index contributed by atoms with van der Waals surface area (Å²) in [6.07, 6.45) is -4.79. The molecule has 1 amide bonds. The van der Waals surface area contributed by atoms with E-state index in [2.05, 4.69) is 5.32 Å². The van der Waals surface area contributed by atoms with E-state index in [-0.39, 0.29) is 11.9 Å². The lowest BCUT2D eigenvalue weighted by atomic mass is 10.1. The highest BCUT2D eigenvalue weighted by Gasteiger charge is 2.37. The van der Waals surface area contributed by atoms with E-state index >= 15 is 0 Å². The SMILES string of the molecule is COCCN1C(=O)C(C)NC1c1ccc(C(F)(F)F)cc1. The van der Waals surface area contributed by atoms with Crippen LogP contribution in [0, 0.1) is 0 Å². The van der Waals surface area contributed by atoms with Crippen LogP contribution in [0.5, 0.6) is 0 Å². The van der Waals surface area contributed by atoms with Crippen molar-refractivity contribution in [2.24, 2.45) is 0 Å². The molecule has 0 saturated carbocycles. The molecular formula is C14H17F3N2O2. The molecule has 1 aromatic carbocycles. The topological polar surface area (TPSA) is 41.6 Å². The highest BCUT2D eigenvalue weighted by molar-refractivity contribution is 5.84. The molecule has 4 nitrogen and oxygen atoms in total. The third-order valence-corrected chi connectivity index (χ3v) is 3.46. The molecule has 1 saturated heterocycles. The Morgan fingerprint density at radius 2 is 1.90 bits per heavy atom. The molecule has 1 N–H and O–H groups in total. The van der Waals surface area contributed by atoms with Gasteiger partial charge in [0.25, 0.3) is 0 Å². The molecule has 1 aromatic rings. The molecule has 0 radical (unpaired) electrons. The first-order valence-corrected chi connectivity index (χ1v) is 6.57. The van der Waals surface area contributed by atoms with Crippen molar-refractivity contribution in [3.05, 3.63) is 35.4 Å². The molecule has 21 heavy (non-hydrogen) atoms. The van der Waals surface area contributed by atoms with Gasteiger partial charge in [0.15, 0.2) is 0 Å². The van der Waals surface area contributed by atoms with Crippen LogP contribution in [0.25, 0.3) is 0 Å². The first-order chi connectivity index (χ1) is 9.84. The van der Waals surface area contributed by atoms with E-state index in [1.807, 2.05) is 0 Å². The Morgan fingerprint density at radius 3 is 2.43 bits per heavy atom. The largest absolute Gasteiger partial charge is 0.416 e. The second-order valence-electron chi connectivity index (χ2n) is 4.94. The van der Waals surface area contributed by atoms with Gasteiger partial charge >= 0.3 is 6.18 Å². The summed E-state index contributed by atoms with van der Waals surface area (Å²) in [6.45, 7) is 2.49. The first kappa shape index (κ1) is 15.8. The number of benzene rings is 1. The van der Waals surface area contributed by atoms with Gasteiger partial charge in [-0.05, 0) is 24.6 Å². The fraction of sp³-hybridized carbons (Fsp3) is 0.500. The normalized spacial score (nSPS) is 22.9.